The van der Waals surface area contributed by atoms with Crippen LogP contribution in [0.5, 0.6) is 0 Å². The molecule has 1 aliphatic carbocycles. The predicted molar refractivity (Wildman–Crippen MR) is 141 cm³/mol. The number of anilines is 1. The van der Waals surface area contributed by atoms with Crippen LogP contribution in [0, 0.1) is 5.41 Å². The molecule has 7 heteroatoms. The van der Waals surface area contributed by atoms with Crippen LogP contribution in [0.3, 0.4) is 0 Å². The van der Waals surface area contributed by atoms with E-state index in [2.05, 4.69) is 60.7 Å². The molecule has 0 unspecified atom stereocenters. The molecule has 0 atom stereocenters. The van der Waals surface area contributed by atoms with Crippen LogP contribution in [0.15, 0.2) is 30.6 Å². The quantitative estimate of drug-likeness (QED) is 0.431. The molecule has 184 valence electrons. The first-order valence-electron chi connectivity index (χ1n) is 12.7. The fourth-order valence-electron chi connectivity index (χ4n) is 6.24. The van der Waals surface area contributed by atoms with E-state index >= 15 is 0 Å². The van der Waals surface area contributed by atoms with E-state index in [0.717, 1.165) is 59.5 Å². The molecule has 2 fully saturated rings. The van der Waals surface area contributed by atoms with Crippen LogP contribution in [0.2, 0.25) is 5.15 Å². The second-order valence-corrected chi connectivity index (χ2v) is 12.6. The third kappa shape index (κ3) is 3.44. The van der Waals surface area contributed by atoms with E-state index in [4.69, 9.17) is 16.6 Å². The Balaban J connectivity index is 1.33. The lowest BCUT2D eigenvalue weighted by Gasteiger charge is -2.55. The van der Waals surface area contributed by atoms with Gasteiger partial charge >= 0.3 is 0 Å². The Morgan fingerprint density at radius 2 is 1.77 bits per heavy atom. The van der Waals surface area contributed by atoms with E-state index in [-0.39, 0.29) is 18.0 Å². The summed E-state index contributed by atoms with van der Waals surface area (Å²) in [5.41, 5.74) is 5.46. The highest BCUT2D eigenvalue weighted by molar-refractivity contribution is 6.34. The number of aromatic nitrogens is 3. The third-order valence-electron chi connectivity index (χ3n) is 8.28. The molecule has 0 bridgehead atoms. The van der Waals surface area contributed by atoms with Crippen molar-refractivity contribution in [1.82, 2.24) is 19.4 Å². The van der Waals surface area contributed by atoms with Gasteiger partial charge in [-0.15, -0.1) is 0 Å². The van der Waals surface area contributed by atoms with Crippen LogP contribution in [-0.2, 0) is 10.2 Å². The van der Waals surface area contributed by atoms with Crippen LogP contribution in [0.1, 0.15) is 66.0 Å². The summed E-state index contributed by atoms with van der Waals surface area (Å²) in [6.45, 7) is 15.3. The molecule has 1 aromatic carbocycles. The van der Waals surface area contributed by atoms with Crippen LogP contribution < -0.4 is 4.90 Å². The van der Waals surface area contributed by atoms with E-state index in [0.29, 0.717) is 16.6 Å². The van der Waals surface area contributed by atoms with Gasteiger partial charge in [-0.25, -0.2) is 9.97 Å². The van der Waals surface area contributed by atoms with Crippen molar-refractivity contribution < 1.29 is 4.79 Å². The second-order valence-electron chi connectivity index (χ2n) is 12.3. The van der Waals surface area contributed by atoms with Crippen molar-refractivity contribution in [2.75, 3.05) is 18.0 Å². The number of imidazole rings is 1. The van der Waals surface area contributed by atoms with E-state index in [1.54, 1.807) is 0 Å². The van der Waals surface area contributed by atoms with Crippen molar-refractivity contribution in [3.63, 3.8) is 0 Å². The number of nitrogens with zero attached hydrogens (tertiary/aromatic N) is 5. The molecule has 4 heterocycles. The van der Waals surface area contributed by atoms with Gasteiger partial charge in [-0.05, 0) is 63.6 Å². The first kappa shape index (κ1) is 23.0. The third-order valence-corrected chi connectivity index (χ3v) is 8.54. The maximum atomic E-state index is 13.6. The van der Waals surface area contributed by atoms with Crippen molar-refractivity contribution in [1.29, 1.82) is 0 Å². The zero-order valence-electron chi connectivity index (χ0n) is 21.5. The number of likely N-dealkylation sites (tertiary alicyclic amines) is 1. The summed E-state index contributed by atoms with van der Waals surface area (Å²) < 4.78 is 2.05. The van der Waals surface area contributed by atoms with Crippen molar-refractivity contribution in [2.45, 2.75) is 77.9 Å². The molecule has 0 spiro atoms. The second kappa shape index (κ2) is 7.53. The maximum Gasteiger partial charge on any atom is 0.237 e. The molecule has 3 aromatic rings. The number of carbonyl (C=O) groups excluding carboxylic acids is 1. The highest BCUT2D eigenvalue weighted by atomic mass is 35.5. The number of benzene rings is 1. The Morgan fingerprint density at radius 3 is 2.43 bits per heavy atom. The summed E-state index contributed by atoms with van der Waals surface area (Å²) in [6, 6.07) is 9.39. The first-order chi connectivity index (χ1) is 16.5. The minimum Gasteiger partial charge on any atom is -0.326 e. The van der Waals surface area contributed by atoms with Crippen LogP contribution in [-0.4, -0.2) is 50.5 Å². The van der Waals surface area contributed by atoms with Gasteiger partial charge in [0.15, 0.2) is 5.15 Å². The van der Waals surface area contributed by atoms with Gasteiger partial charge < -0.3 is 9.47 Å². The number of rotatable bonds is 4. The molecule has 2 aromatic heterocycles. The molecule has 0 N–H and O–H groups in total. The Labute approximate surface area is 212 Å². The van der Waals surface area contributed by atoms with Crippen LogP contribution in [0.4, 0.5) is 5.69 Å². The molecular formula is C28H34ClN5O. The Hall–Kier alpha value is -2.44. The monoisotopic (exact) mass is 491 g/mol. The molecule has 1 saturated carbocycles. The lowest BCUT2D eigenvalue weighted by atomic mass is 9.76. The van der Waals surface area contributed by atoms with Gasteiger partial charge in [0, 0.05) is 42.5 Å². The molecular weight excluding hydrogens is 458 g/mol. The highest BCUT2D eigenvalue weighted by Gasteiger charge is 2.51. The molecule has 1 amide bonds. The lowest BCUT2D eigenvalue weighted by molar-refractivity contribution is -0.123. The SMILES string of the molecule is CC(C)n1cnc2cc(-c3ccc4c(c3)N(C3CC(N5CC(C)(C)C5)C3)C(=O)C4(C)C)nc(Cl)c21. The molecule has 0 radical (unpaired) electrons. The van der Waals surface area contributed by atoms with E-state index in [1.165, 1.54) is 0 Å². The largest absolute Gasteiger partial charge is 0.326 e. The molecule has 6 rings (SSSR count). The summed E-state index contributed by atoms with van der Waals surface area (Å²) >= 11 is 6.64. The summed E-state index contributed by atoms with van der Waals surface area (Å²) in [6.07, 6.45) is 3.92. The first-order valence-corrected chi connectivity index (χ1v) is 13.1. The number of hydrogen-bond donors (Lipinski definition) is 0. The minimum absolute atomic E-state index is 0.203. The number of hydrogen-bond acceptors (Lipinski definition) is 4. The van der Waals surface area contributed by atoms with E-state index in [9.17, 15) is 4.79 Å². The number of halogens is 1. The van der Waals surface area contributed by atoms with Gasteiger partial charge in [-0.2, -0.15) is 0 Å². The van der Waals surface area contributed by atoms with E-state index in [1.807, 2.05) is 30.8 Å². The van der Waals surface area contributed by atoms with Crippen molar-refractivity contribution >= 4 is 34.2 Å². The highest BCUT2D eigenvalue weighted by Crippen LogP contribution is 2.48. The average Bonchev–Trinajstić information content (AvgIpc) is 3.25. The van der Waals surface area contributed by atoms with Gasteiger partial charge in [0.25, 0.3) is 0 Å². The Morgan fingerprint density at radius 1 is 1.06 bits per heavy atom. The molecule has 2 aliphatic heterocycles. The van der Waals surface area contributed by atoms with E-state index < -0.39 is 5.41 Å². The fraction of sp³-hybridized carbons (Fsp3) is 0.536. The molecule has 35 heavy (non-hydrogen) atoms. The number of carbonyl (C=O) groups is 1. The minimum atomic E-state index is -0.525. The Bertz CT molecular complexity index is 1340. The zero-order chi connectivity index (χ0) is 24.9. The standard InChI is InChI=1S/C28H34ClN5O/c1-16(2)33-15-30-22-12-21(31-25(29)24(22)33)17-7-8-20-23(9-17)34(26(35)28(20,5)6)19-10-18(11-19)32-13-27(3,4)14-32/h7-9,12,15-16,18-19H,10-11,13-14H2,1-6H3. The lowest BCUT2D eigenvalue weighted by Crippen LogP contribution is -2.64. The van der Waals surface area contributed by atoms with Gasteiger partial charge in [0.1, 0.15) is 5.52 Å². The van der Waals surface area contributed by atoms with Crippen molar-refractivity contribution in [2.24, 2.45) is 5.41 Å². The van der Waals surface area contributed by atoms with Gasteiger partial charge in [0.2, 0.25) is 5.91 Å². The fourth-order valence-corrected chi connectivity index (χ4v) is 6.53. The van der Waals surface area contributed by atoms with Crippen molar-refractivity contribution in [3.05, 3.63) is 41.3 Å². The van der Waals surface area contributed by atoms with Gasteiger partial charge in [-0.1, -0.05) is 37.6 Å². The normalized spacial score (nSPS) is 25.1. The average molecular weight is 492 g/mol. The molecule has 1 saturated heterocycles. The maximum absolute atomic E-state index is 13.6. The summed E-state index contributed by atoms with van der Waals surface area (Å²) in [4.78, 5) is 27.6. The molecule has 3 aliphatic rings. The number of fused-ring (bicyclic) bond motifs is 2. The van der Waals surface area contributed by atoms with Gasteiger partial charge in [-0.3, -0.25) is 9.69 Å². The van der Waals surface area contributed by atoms with Crippen LogP contribution in [0.25, 0.3) is 22.3 Å². The smallest absolute Gasteiger partial charge is 0.237 e. The zero-order valence-corrected chi connectivity index (χ0v) is 22.2. The summed E-state index contributed by atoms with van der Waals surface area (Å²) in [7, 11) is 0. The summed E-state index contributed by atoms with van der Waals surface area (Å²) in [5, 5.41) is 0.455. The van der Waals surface area contributed by atoms with Crippen molar-refractivity contribution in [3.8, 4) is 11.3 Å². The predicted octanol–water partition coefficient (Wildman–Crippen LogP) is 5.83. The summed E-state index contributed by atoms with van der Waals surface area (Å²) in [5.74, 6) is 0.203. The van der Waals surface area contributed by atoms with Crippen LogP contribution >= 0.6 is 11.6 Å². The Kier molecular flexibility index (Phi) is 4.95. The number of amides is 1. The topological polar surface area (TPSA) is 54.3 Å². The van der Waals surface area contributed by atoms with Gasteiger partial charge in [0.05, 0.1) is 23.0 Å². The molecule has 6 nitrogen and oxygen atoms in total. The number of pyridine rings is 1.